The van der Waals surface area contributed by atoms with Gasteiger partial charge in [-0.15, -0.1) is 0 Å². The van der Waals surface area contributed by atoms with Crippen molar-refractivity contribution >= 4 is 29.4 Å². The maximum absolute atomic E-state index is 13.7. The number of hydrogen-bond donors (Lipinski definition) is 1. The smallest absolute Gasteiger partial charge is 0.322 e. The molecule has 0 spiro atoms. The van der Waals surface area contributed by atoms with Gasteiger partial charge in [-0.2, -0.15) is 0 Å². The molecule has 4 nitrogen and oxygen atoms in total. The van der Waals surface area contributed by atoms with Crippen molar-refractivity contribution in [2.45, 2.75) is 6.04 Å². The van der Waals surface area contributed by atoms with Crippen LogP contribution in [-0.4, -0.2) is 24.6 Å². The quantitative estimate of drug-likeness (QED) is 0.279. The third-order valence-corrected chi connectivity index (χ3v) is 5.85. The normalized spacial score (nSPS) is 10.9. The second kappa shape index (κ2) is 11.9. The number of methoxy groups -OCH3 is 1. The second-order valence-electron chi connectivity index (χ2n) is 7.96. The Hall–Kier alpha value is -4.02. The summed E-state index contributed by atoms with van der Waals surface area (Å²) in [5, 5.41) is 3.58. The highest BCUT2D eigenvalue weighted by atomic mass is 35.5. The molecule has 0 aliphatic rings. The number of nitrogens with one attached hydrogen (secondary N) is 1. The monoisotopic (exact) mass is 482 g/mol. The fraction of sp³-hybridized carbons (Fsp3) is 0.100. The Morgan fingerprint density at radius 3 is 2.14 bits per heavy atom. The summed E-state index contributed by atoms with van der Waals surface area (Å²) in [5.41, 5.74) is 3.62. The summed E-state index contributed by atoms with van der Waals surface area (Å²) in [6.45, 7) is 0.374. The molecule has 5 heteroatoms. The van der Waals surface area contributed by atoms with Crippen LogP contribution in [-0.2, 0) is 0 Å². The predicted molar refractivity (Wildman–Crippen MR) is 144 cm³/mol. The minimum Gasteiger partial charge on any atom is -0.496 e. The molecule has 0 radical (unpaired) electrons. The summed E-state index contributed by atoms with van der Waals surface area (Å²) in [7, 11) is 1.65. The van der Waals surface area contributed by atoms with Crippen LogP contribution >= 0.6 is 11.6 Å². The molecule has 0 bridgehead atoms. The van der Waals surface area contributed by atoms with Crippen LogP contribution in [0.2, 0.25) is 5.02 Å². The third-order valence-electron chi connectivity index (χ3n) is 5.62. The number of hydrogen-bond acceptors (Lipinski definition) is 2. The predicted octanol–water partition coefficient (Wildman–Crippen LogP) is 7.69. The first-order chi connectivity index (χ1) is 17.2. The van der Waals surface area contributed by atoms with Gasteiger partial charge in [-0.1, -0.05) is 109 Å². The first-order valence-corrected chi connectivity index (χ1v) is 11.8. The summed E-state index contributed by atoms with van der Waals surface area (Å²) in [4.78, 5) is 15.5. The number of halogens is 1. The van der Waals surface area contributed by atoms with Crippen molar-refractivity contribution in [2.75, 3.05) is 19.0 Å². The van der Waals surface area contributed by atoms with Crippen molar-refractivity contribution in [1.29, 1.82) is 0 Å². The minimum atomic E-state index is -0.293. The largest absolute Gasteiger partial charge is 0.496 e. The fourth-order valence-electron chi connectivity index (χ4n) is 3.99. The number of rotatable bonds is 8. The van der Waals surface area contributed by atoms with Gasteiger partial charge in [0.05, 0.1) is 13.2 Å². The van der Waals surface area contributed by atoms with Crippen molar-refractivity contribution in [3.8, 4) is 5.75 Å². The van der Waals surface area contributed by atoms with E-state index in [0.29, 0.717) is 17.3 Å². The lowest BCUT2D eigenvalue weighted by Crippen LogP contribution is -2.39. The molecule has 35 heavy (non-hydrogen) atoms. The van der Waals surface area contributed by atoms with Crippen LogP contribution in [0.1, 0.15) is 22.7 Å². The van der Waals surface area contributed by atoms with Crippen LogP contribution in [0.15, 0.2) is 115 Å². The molecule has 0 atom stereocenters. The number of amides is 2. The van der Waals surface area contributed by atoms with Crippen molar-refractivity contribution in [3.05, 3.63) is 137 Å². The molecule has 4 aromatic rings. The molecule has 0 saturated carbocycles. The van der Waals surface area contributed by atoms with Gasteiger partial charge in [0.2, 0.25) is 0 Å². The van der Waals surface area contributed by atoms with E-state index in [2.05, 4.69) is 5.32 Å². The zero-order valence-corrected chi connectivity index (χ0v) is 20.2. The SMILES string of the molecule is COc1ccccc1/C=C/CN(C(=O)Nc1cccc(Cl)c1)C(c1ccccc1)c1ccccc1. The molecule has 2 amide bonds. The molecular formula is C30H27ClN2O2. The molecule has 0 saturated heterocycles. The van der Waals surface area contributed by atoms with Crippen molar-refractivity contribution in [2.24, 2.45) is 0 Å². The number of nitrogens with zero attached hydrogens (tertiary/aromatic N) is 1. The summed E-state index contributed by atoms with van der Waals surface area (Å²) in [6, 6.07) is 34.5. The molecule has 0 aromatic heterocycles. The van der Waals surface area contributed by atoms with Crippen molar-refractivity contribution < 1.29 is 9.53 Å². The zero-order chi connectivity index (χ0) is 24.5. The first kappa shape index (κ1) is 24.1. The van der Waals surface area contributed by atoms with Gasteiger partial charge in [-0.25, -0.2) is 4.79 Å². The molecule has 1 N–H and O–H groups in total. The van der Waals surface area contributed by atoms with Gasteiger partial charge in [0.1, 0.15) is 5.75 Å². The Labute approximate surface area is 211 Å². The van der Waals surface area contributed by atoms with E-state index in [9.17, 15) is 4.79 Å². The maximum atomic E-state index is 13.7. The molecule has 0 aliphatic heterocycles. The minimum absolute atomic E-state index is 0.227. The van der Waals surface area contributed by atoms with Crippen LogP contribution in [0.3, 0.4) is 0 Å². The Morgan fingerprint density at radius 2 is 1.51 bits per heavy atom. The van der Waals surface area contributed by atoms with Gasteiger partial charge in [0.15, 0.2) is 0 Å². The van der Waals surface area contributed by atoms with Crippen LogP contribution in [0.25, 0.3) is 6.08 Å². The highest BCUT2D eigenvalue weighted by molar-refractivity contribution is 6.30. The topological polar surface area (TPSA) is 41.6 Å². The lowest BCUT2D eigenvalue weighted by molar-refractivity contribution is 0.205. The Kier molecular flexibility index (Phi) is 8.21. The lowest BCUT2D eigenvalue weighted by atomic mass is 9.97. The van der Waals surface area contributed by atoms with E-state index in [-0.39, 0.29) is 12.1 Å². The van der Waals surface area contributed by atoms with Crippen molar-refractivity contribution in [3.63, 3.8) is 0 Å². The van der Waals surface area contributed by atoms with Gasteiger partial charge < -0.3 is 15.0 Å². The zero-order valence-electron chi connectivity index (χ0n) is 19.5. The van der Waals surface area contributed by atoms with Crippen LogP contribution < -0.4 is 10.1 Å². The first-order valence-electron chi connectivity index (χ1n) is 11.4. The Bertz CT molecular complexity index is 1240. The average Bonchev–Trinajstić information content (AvgIpc) is 2.89. The van der Waals surface area contributed by atoms with E-state index in [1.165, 1.54) is 0 Å². The number of carbonyl (C=O) groups is 1. The molecule has 0 heterocycles. The molecule has 0 unspecified atom stereocenters. The third kappa shape index (κ3) is 6.31. The van der Waals surface area contributed by atoms with Crippen LogP contribution in [0, 0.1) is 0 Å². The van der Waals surface area contributed by atoms with Gasteiger partial charge >= 0.3 is 6.03 Å². The molecular weight excluding hydrogens is 456 g/mol. The van der Waals surface area contributed by atoms with E-state index in [1.54, 1.807) is 19.2 Å². The number of para-hydroxylation sites is 1. The number of carbonyl (C=O) groups excluding carboxylic acids is 1. The molecule has 4 aromatic carbocycles. The number of benzene rings is 4. The second-order valence-corrected chi connectivity index (χ2v) is 8.40. The van der Waals surface area contributed by atoms with E-state index in [4.69, 9.17) is 16.3 Å². The van der Waals surface area contributed by atoms with Gasteiger partial charge in [-0.3, -0.25) is 0 Å². The summed E-state index contributed by atoms with van der Waals surface area (Å²) >= 11 is 6.15. The Morgan fingerprint density at radius 1 is 0.886 bits per heavy atom. The van der Waals surface area contributed by atoms with E-state index >= 15 is 0 Å². The molecule has 0 fully saturated rings. The summed E-state index contributed by atoms with van der Waals surface area (Å²) in [6.07, 6.45) is 3.96. The van der Waals surface area contributed by atoms with Crippen LogP contribution in [0.4, 0.5) is 10.5 Å². The highest BCUT2D eigenvalue weighted by Crippen LogP contribution is 2.30. The number of anilines is 1. The van der Waals surface area contributed by atoms with Gasteiger partial charge in [0.25, 0.3) is 0 Å². The lowest BCUT2D eigenvalue weighted by Gasteiger charge is -2.32. The summed E-state index contributed by atoms with van der Waals surface area (Å²) in [5.74, 6) is 0.779. The summed E-state index contributed by atoms with van der Waals surface area (Å²) < 4.78 is 5.47. The van der Waals surface area contributed by atoms with E-state index in [1.807, 2.05) is 114 Å². The molecule has 4 rings (SSSR count). The maximum Gasteiger partial charge on any atom is 0.322 e. The van der Waals surface area contributed by atoms with Gasteiger partial charge in [0, 0.05) is 22.8 Å². The number of urea groups is 1. The Balaban J connectivity index is 1.71. The fourth-order valence-corrected chi connectivity index (χ4v) is 4.18. The van der Waals surface area contributed by atoms with Gasteiger partial charge in [-0.05, 0) is 35.4 Å². The van der Waals surface area contributed by atoms with E-state index < -0.39 is 0 Å². The molecule has 0 aliphatic carbocycles. The van der Waals surface area contributed by atoms with Crippen LogP contribution in [0.5, 0.6) is 5.75 Å². The standard InChI is InChI=1S/C30H27ClN2O2/c1-35-28-20-9-8-12-23(28)17-11-21-33(30(34)32-27-19-10-18-26(31)22-27)29(24-13-4-2-5-14-24)25-15-6-3-7-16-25/h2-20,22,29H,21H2,1H3,(H,32,34)/b17-11+. The molecule has 176 valence electrons. The average molecular weight is 483 g/mol. The highest BCUT2D eigenvalue weighted by Gasteiger charge is 2.26. The van der Waals surface area contributed by atoms with Crippen molar-refractivity contribution in [1.82, 2.24) is 4.90 Å². The number of ether oxygens (including phenoxy) is 1. The van der Waals surface area contributed by atoms with E-state index in [0.717, 1.165) is 22.4 Å².